The Morgan fingerprint density at radius 2 is 2.04 bits per heavy atom. The number of hydrogen-bond donors (Lipinski definition) is 0. The molecular formula is C17H20N4O4. The van der Waals surface area contributed by atoms with E-state index in [1.165, 1.54) is 25.0 Å². The average molecular weight is 344 g/mol. The monoisotopic (exact) mass is 344 g/mol. The maximum atomic E-state index is 10.7. The highest BCUT2D eigenvalue weighted by Gasteiger charge is 2.34. The Hall–Kier alpha value is -2.32. The SMILES string of the molecule is O=[N+]([O-])c1ccc(-c2noc(CN3CCO[C@H]4CCCC[C@H]43)n2)cc1. The molecule has 1 aliphatic heterocycles. The topological polar surface area (TPSA) is 94.5 Å². The Bertz CT molecular complexity index is 743. The maximum absolute atomic E-state index is 10.7. The molecule has 2 fully saturated rings. The summed E-state index contributed by atoms with van der Waals surface area (Å²) in [6.07, 6.45) is 5.06. The van der Waals surface area contributed by atoms with Crippen molar-refractivity contribution in [3.8, 4) is 11.4 Å². The van der Waals surface area contributed by atoms with Gasteiger partial charge in [-0.05, 0) is 25.0 Å². The van der Waals surface area contributed by atoms with E-state index in [9.17, 15) is 10.1 Å². The summed E-state index contributed by atoms with van der Waals surface area (Å²) in [6.45, 7) is 2.23. The summed E-state index contributed by atoms with van der Waals surface area (Å²) in [5.74, 6) is 1.03. The zero-order chi connectivity index (χ0) is 17.2. The molecule has 25 heavy (non-hydrogen) atoms. The number of rotatable bonds is 4. The minimum Gasteiger partial charge on any atom is -0.375 e. The van der Waals surface area contributed by atoms with Gasteiger partial charge in [0.25, 0.3) is 5.69 Å². The fourth-order valence-corrected chi connectivity index (χ4v) is 3.72. The highest BCUT2D eigenvalue weighted by Crippen LogP contribution is 2.29. The zero-order valence-electron chi connectivity index (χ0n) is 13.8. The van der Waals surface area contributed by atoms with Crippen LogP contribution >= 0.6 is 0 Å². The largest absolute Gasteiger partial charge is 0.375 e. The molecule has 0 bridgehead atoms. The predicted molar refractivity (Wildman–Crippen MR) is 88.8 cm³/mol. The second-order valence-electron chi connectivity index (χ2n) is 6.55. The second-order valence-corrected chi connectivity index (χ2v) is 6.55. The van der Waals surface area contributed by atoms with Gasteiger partial charge in [-0.15, -0.1) is 0 Å². The van der Waals surface area contributed by atoms with E-state index in [4.69, 9.17) is 9.26 Å². The molecule has 132 valence electrons. The van der Waals surface area contributed by atoms with Gasteiger partial charge < -0.3 is 9.26 Å². The molecule has 1 aromatic heterocycles. The van der Waals surface area contributed by atoms with Gasteiger partial charge in [-0.25, -0.2) is 0 Å². The lowest BCUT2D eigenvalue weighted by Crippen LogP contribution is -2.52. The van der Waals surface area contributed by atoms with E-state index >= 15 is 0 Å². The van der Waals surface area contributed by atoms with E-state index in [-0.39, 0.29) is 5.69 Å². The standard InChI is InChI=1S/C17H20N4O4/c22-21(23)13-7-5-12(6-8-13)17-18-16(25-19-17)11-20-9-10-24-15-4-2-1-3-14(15)20/h5-8,14-15H,1-4,9-11H2/t14-,15+/m1/s1. The number of nitro benzene ring substituents is 1. The first kappa shape index (κ1) is 16.2. The Morgan fingerprint density at radius 1 is 1.24 bits per heavy atom. The van der Waals surface area contributed by atoms with Gasteiger partial charge in [-0.1, -0.05) is 18.0 Å². The third kappa shape index (κ3) is 3.40. The number of morpholine rings is 1. The Labute approximate surface area is 144 Å². The number of fused-ring (bicyclic) bond motifs is 1. The molecule has 0 unspecified atom stereocenters. The first-order valence-electron chi connectivity index (χ1n) is 8.64. The smallest absolute Gasteiger partial charge is 0.269 e. The van der Waals surface area contributed by atoms with Crippen LogP contribution in [0, 0.1) is 10.1 Å². The van der Waals surface area contributed by atoms with E-state index in [0.29, 0.717) is 36.0 Å². The number of benzene rings is 1. The van der Waals surface area contributed by atoms with Crippen molar-refractivity contribution in [2.24, 2.45) is 0 Å². The van der Waals surface area contributed by atoms with Crippen LogP contribution in [0.3, 0.4) is 0 Å². The normalized spacial score (nSPS) is 24.0. The highest BCUT2D eigenvalue weighted by molar-refractivity contribution is 5.56. The number of nitrogens with zero attached hydrogens (tertiary/aromatic N) is 4. The van der Waals surface area contributed by atoms with Crippen LogP contribution in [0.5, 0.6) is 0 Å². The van der Waals surface area contributed by atoms with Crippen LogP contribution < -0.4 is 0 Å². The molecule has 1 saturated carbocycles. The first-order chi connectivity index (χ1) is 12.2. The van der Waals surface area contributed by atoms with Gasteiger partial charge in [0.15, 0.2) is 0 Å². The van der Waals surface area contributed by atoms with Crippen LogP contribution in [0.1, 0.15) is 31.6 Å². The van der Waals surface area contributed by atoms with Gasteiger partial charge in [-0.3, -0.25) is 15.0 Å². The van der Waals surface area contributed by atoms with Gasteiger partial charge in [-0.2, -0.15) is 4.98 Å². The molecule has 1 aromatic carbocycles. The minimum atomic E-state index is -0.426. The lowest BCUT2D eigenvalue weighted by molar-refractivity contribution is -0.384. The van der Waals surface area contributed by atoms with E-state index in [1.807, 2.05) is 0 Å². The summed E-state index contributed by atoms with van der Waals surface area (Å²) in [5, 5.41) is 14.7. The summed E-state index contributed by atoms with van der Waals surface area (Å²) < 4.78 is 11.3. The molecule has 1 aliphatic carbocycles. The first-order valence-corrected chi connectivity index (χ1v) is 8.64. The summed E-state index contributed by atoms with van der Waals surface area (Å²) in [7, 11) is 0. The van der Waals surface area contributed by atoms with Crippen molar-refractivity contribution in [1.82, 2.24) is 15.0 Å². The Balaban J connectivity index is 1.46. The van der Waals surface area contributed by atoms with Crippen molar-refractivity contribution in [2.75, 3.05) is 13.2 Å². The molecule has 0 N–H and O–H groups in total. The van der Waals surface area contributed by atoms with E-state index in [1.54, 1.807) is 12.1 Å². The molecule has 0 spiro atoms. The molecule has 1 saturated heterocycles. The zero-order valence-corrected chi connectivity index (χ0v) is 13.8. The number of non-ortho nitro benzene ring substituents is 1. The van der Waals surface area contributed by atoms with Gasteiger partial charge >= 0.3 is 0 Å². The summed E-state index contributed by atoms with van der Waals surface area (Å²) in [5.41, 5.74) is 0.752. The lowest BCUT2D eigenvalue weighted by atomic mass is 9.90. The Kier molecular flexibility index (Phi) is 4.46. The maximum Gasteiger partial charge on any atom is 0.269 e. The van der Waals surface area contributed by atoms with Crippen LogP contribution in [0.4, 0.5) is 5.69 Å². The summed E-state index contributed by atoms with van der Waals surface area (Å²) >= 11 is 0. The third-order valence-corrected chi connectivity index (χ3v) is 4.99. The number of ether oxygens (including phenoxy) is 1. The second kappa shape index (κ2) is 6.89. The van der Waals surface area contributed by atoms with E-state index < -0.39 is 4.92 Å². The highest BCUT2D eigenvalue weighted by atomic mass is 16.6. The minimum absolute atomic E-state index is 0.0455. The van der Waals surface area contributed by atoms with Crippen molar-refractivity contribution in [3.63, 3.8) is 0 Å². The van der Waals surface area contributed by atoms with Crippen LogP contribution in [0.2, 0.25) is 0 Å². The molecular weight excluding hydrogens is 324 g/mol. The number of hydrogen-bond acceptors (Lipinski definition) is 7. The van der Waals surface area contributed by atoms with Gasteiger partial charge in [0.1, 0.15) is 0 Å². The summed E-state index contributed by atoms with van der Waals surface area (Å²) in [4.78, 5) is 17.1. The van der Waals surface area contributed by atoms with Crippen molar-refractivity contribution < 1.29 is 14.2 Å². The van der Waals surface area contributed by atoms with Crippen molar-refractivity contribution in [2.45, 2.75) is 44.4 Å². The predicted octanol–water partition coefficient (Wildman–Crippen LogP) is 2.79. The van der Waals surface area contributed by atoms with Crippen LogP contribution in [-0.4, -0.2) is 45.3 Å². The molecule has 4 rings (SSSR count). The molecule has 0 radical (unpaired) electrons. The van der Waals surface area contributed by atoms with Gasteiger partial charge in [0.2, 0.25) is 11.7 Å². The fraction of sp³-hybridized carbons (Fsp3) is 0.529. The summed E-state index contributed by atoms with van der Waals surface area (Å²) in [6, 6.07) is 6.59. The molecule has 2 aliphatic rings. The molecule has 8 heteroatoms. The van der Waals surface area contributed by atoms with Gasteiger partial charge in [0.05, 0.1) is 24.2 Å². The van der Waals surface area contributed by atoms with Crippen LogP contribution in [0.25, 0.3) is 11.4 Å². The van der Waals surface area contributed by atoms with E-state index in [0.717, 1.165) is 26.0 Å². The van der Waals surface area contributed by atoms with Crippen molar-refractivity contribution >= 4 is 5.69 Å². The molecule has 8 nitrogen and oxygen atoms in total. The number of aromatic nitrogens is 2. The van der Waals surface area contributed by atoms with Gasteiger partial charge in [0, 0.05) is 30.3 Å². The molecule has 2 aromatic rings. The van der Waals surface area contributed by atoms with Crippen molar-refractivity contribution in [3.05, 3.63) is 40.3 Å². The molecule has 2 atom stereocenters. The molecule has 0 amide bonds. The molecule has 2 heterocycles. The number of nitro groups is 1. The third-order valence-electron chi connectivity index (χ3n) is 4.99. The quantitative estimate of drug-likeness (QED) is 0.621. The fourth-order valence-electron chi connectivity index (χ4n) is 3.72. The van der Waals surface area contributed by atoms with Crippen LogP contribution in [0.15, 0.2) is 28.8 Å². The average Bonchev–Trinajstić information content (AvgIpc) is 3.11. The van der Waals surface area contributed by atoms with Crippen LogP contribution in [-0.2, 0) is 11.3 Å². The van der Waals surface area contributed by atoms with Crippen molar-refractivity contribution in [1.29, 1.82) is 0 Å². The Morgan fingerprint density at radius 3 is 2.84 bits per heavy atom. The lowest BCUT2D eigenvalue weighted by Gasteiger charge is -2.43. The van der Waals surface area contributed by atoms with E-state index in [2.05, 4.69) is 15.0 Å².